The molecule has 0 amide bonds. The van der Waals surface area contributed by atoms with Crippen LogP contribution in [0.4, 0.5) is 0 Å². The lowest BCUT2D eigenvalue weighted by atomic mass is 10.4. The average Bonchev–Trinajstić information content (AvgIpc) is 1.69. The summed E-state index contributed by atoms with van der Waals surface area (Å²) < 4.78 is 4.86. The molecule has 7 heavy (non-hydrogen) atoms. The molecule has 3 nitrogen and oxygen atoms in total. The Morgan fingerprint density at radius 1 is 1.57 bits per heavy atom. The SMILES string of the molecule is ON1CCCOC1. The van der Waals surface area contributed by atoms with E-state index >= 15 is 0 Å². The predicted octanol–water partition coefficient (Wildman–Crippen LogP) is 0.0554. The Morgan fingerprint density at radius 2 is 2.43 bits per heavy atom. The normalized spacial score (nSPS) is 25.3. The van der Waals surface area contributed by atoms with Crippen LogP contribution < -0.4 is 0 Å². The maximum Gasteiger partial charge on any atom is 0.122 e. The molecule has 1 heterocycles. The lowest BCUT2D eigenvalue weighted by molar-refractivity contribution is -0.185. The second kappa shape index (κ2) is 2.26. The van der Waals surface area contributed by atoms with Crippen LogP contribution in [0, 0.1) is 0 Å². The quantitative estimate of drug-likeness (QED) is 0.470. The molecule has 1 fully saturated rings. The fourth-order valence-electron chi connectivity index (χ4n) is 0.584. The molecule has 42 valence electrons. The van der Waals surface area contributed by atoms with E-state index in [-0.39, 0.29) is 0 Å². The fraction of sp³-hybridized carbons (Fsp3) is 1.00. The Balaban J connectivity index is 2.12. The Bertz CT molecular complexity index is 51.7. The minimum absolute atomic E-state index is 0.375. The summed E-state index contributed by atoms with van der Waals surface area (Å²) in [7, 11) is 0. The van der Waals surface area contributed by atoms with Gasteiger partial charge in [-0.2, -0.15) is 5.06 Å². The number of rotatable bonds is 0. The summed E-state index contributed by atoms with van der Waals surface area (Å²) in [6.07, 6.45) is 0.941. The van der Waals surface area contributed by atoms with E-state index in [1.165, 1.54) is 5.06 Å². The third-order valence-electron chi connectivity index (χ3n) is 0.945. The molecule has 0 spiro atoms. The lowest BCUT2D eigenvalue weighted by Crippen LogP contribution is -2.29. The third kappa shape index (κ3) is 1.43. The van der Waals surface area contributed by atoms with Gasteiger partial charge in [0.15, 0.2) is 0 Å². The minimum Gasteiger partial charge on any atom is -0.364 e. The molecule has 0 aromatic carbocycles. The molecule has 1 rings (SSSR count). The van der Waals surface area contributed by atoms with Crippen LogP contribution in [0.3, 0.4) is 0 Å². The highest BCUT2D eigenvalue weighted by molar-refractivity contribution is 4.44. The van der Waals surface area contributed by atoms with Gasteiger partial charge in [0.25, 0.3) is 0 Å². The van der Waals surface area contributed by atoms with Crippen LogP contribution >= 0.6 is 0 Å². The molecular weight excluding hydrogens is 94.0 g/mol. The van der Waals surface area contributed by atoms with Crippen molar-refractivity contribution in [1.82, 2.24) is 5.06 Å². The molecular formula is C4H9NO2. The number of hydrogen-bond donors (Lipinski definition) is 1. The van der Waals surface area contributed by atoms with Crippen molar-refractivity contribution in [1.29, 1.82) is 0 Å². The van der Waals surface area contributed by atoms with E-state index in [0.29, 0.717) is 6.73 Å². The standard InChI is InChI=1S/C4H9NO2/c6-5-2-1-3-7-4-5/h6H,1-4H2. The molecule has 1 N–H and O–H groups in total. The van der Waals surface area contributed by atoms with Gasteiger partial charge in [-0.25, -0.2) is 0 Å². The third-order valence-corrected chi connectivity index (χ3v) is 0.945. The van der Waals surface area contributed by atoms with E-state index in [0.717, 1.165) is 19.6 Å². The van der Waals surface area contributed by atoms with E-state index < -0.39 is 0 Å². The zero-order chi connectivity index (χ0) is 5.11. The Labute approximate surface area is 42.4 Å². The Hall–Kier alpha value is -0.120. The van der Waals surface area contributed by atoms with Gasteiger partial charge in [0, 0.05) is 13.2 Å². The van der Waals surface area contributed by atoms with Gasteiger partial charge < -0.3 is 9.94 Å². The van der Waals surface area contributed by atoms with Crippen molar-refractivity contribution in [3.8, 4) is 0 Å². The lowest BCUT2D eigenvalue weighted by Gasteiger charge is -2.19. The van der Waals surface area contributed by atoms with Crippen LogP contribution in [0.2, 0.25) is 0 Å². The first kappa shape index (κ1) is 5.03. The second-order valence-electron chi connectivity index (χ2n) is 1.62. The maximum atomic E-state index is 8.62. The molecule has 0 unspecified atom stereocenters. The molecule has 3 heteroatoms. The van der Waals surface area contributed by atoms with Gasteiger partial charge in [-0.15, -0.1) is 0 Å². The van der Waals surface area contributed by atoms with Crippen molar-refractivity contribution in [2.45, 2.75) is 6.42 Å². The van der Waals surface area contributed by atoms with Crippen molar-refractivity contribution >= 4 is 0 Å². The van der Waals surface area contributed by atoms with Gasteiger partial charge in [0.2, 0.25) is 0 Å². The topological polar surface area (TPSA) is 32.7 Å². The van der Waals surface area contributed by atoms with Crippen molar-refractivity contribution < 1.29 is 9.94 Å². The van der Waals surface area contributed by atoms with Crippen LogP contribution in [-0.4, -0.2) is 30.2 Å². The van der Waals surface area contributed by atoms with E-state index in [9.17, 15) is 0 Å². The summed E-state index contributed by atoms with van der Waals surface area (Å²) in [6, 6.07) is 0. The minimum atomic E-state index is 0.375. The number of nitrogens with zero attached hydrogens (tertiary/aromatic N) is 1. The van der Waals surface area contributed by atoms with Crippen LogP contribution in [-0.2, 0) is 4.74 Å². The summed E-state index contributed by atoms with van der Waals surface area (Å²) in [5.41, 5.74) is 0. The first-order valence-electron chi connectivity index (χ1n) is 2.41. The molecule has 0 bridgehead atoms. The van der Waals surface area contributed by atoms with Crippen molar-refractivity contribution in [3.63, 3.8) is 0 Å². The van der Waals surface area contributed by atoms with Crippen LogP contribution in [0.15, 0.2) is 0 Å². The van der Waals surface area contributed by atoms with E-state index in [2.05, 4.69) is 0 Å². The smallest absolute Gasteiger partial charge is 0.122 e. The summed E-state index contributed by atoms with van der Waals surface area (Å²) in [5.74, 6) is 0. The molecule has 1 aliphatic heterocycles. The van der Waals surface area contributed by atoms with Gasteiger partial charge in [-0.1, -0.05) is 0 Å². The molecule has 0 saturated carbocycles. The van der Waals surface area contributed by atoms with Crippen molar-refractivity contribution in [3.05, 3.63) is 0 Å². The first-order chi connectivity index (χ1) is 3.39. The largest absolute Gasteiger partial charge is 0.364 e. The summed E-state index contributed by atoms with van der Waals surface area (Å²) in [6.45, 7) is 1.91. The van der Waals surface area contributed by atoms with E-state index in [1.807, 2.05) is 0 Å². The highest BCUT2D eigenvalue weighted by atomic mass is 16.6. The van der Waals surface area contributed by atoms with Gasteiger partial charge in [0.05, 0.1) is 0 Å². The summed E-state index contributed by atoms with van der Waals surface area (Å²) in [4.78, 5) is 0. The second-order valence-corrected chi connectivity index (χ2v) is 1.62. The predicted molar refractivity (Wildman–Crippen MR) is 23.9 cm³/mol. The Morgan fingerprint density at radius 3 is 2.71 bits per heavy atom. The molecule has 0 radical (unpaired) electrons. The van der Waals surface area contributed by atoms with E-state index in [4.69, 9.17) is 9.94 Å². The van der Waals surface area contributed by atoms with Gasteiger partial charge >= 0.3 is 0 Å². The van der Waals surface area contributed by atoms with E-state index in [1.54, 1.807) is 0 Å². The average molecular weight is 103 g/mol. The zero-order valence-corrected chi connectivity index (χ0v) is 4.13. The molecule has 1 aliphatic rings. The molecule has 0 aromatic heterocycles. The summed E-state index contributed by atoms with van der Waals surface area (Å²) in [5, 5.41) is 9.79. The van der Waals surface area contributed by atoms with Gasteiger partial charge in [-0.05, 0) is 6.42 Å². The number of hydrogen-bond acceptors (Lipinski definition) is 3. The van der Waals surface area contributed by atoms with Gasteiger partial charge in [0.1, 0.15) is 6.73 Å². The van der Waals surface area contributed by atoms with Crippen molar-refractivity contribution in [2.24, 2.45) is 0 Å². The zero-order valence-electron chi connectivity index (χ0n) is 4.13. The monoisotopic (exact) mass is 103 g/mol. The molecule has 1 saturated heterocycles. The van der Waals surface area contributed by atoms with Gasteiger partial charge in [-0.3, -0.25) is 0 Å². The number of hydroxylamine groups is 2. The Kier molecular flexibility index (Phi) is 1.62. The summed E-state index contributed by atoms with van der Waals surface area (Å²) >= 11 is 0. The fourth-order valence-corrected chi connectivity index (χ4v) is 0.584. The molecule has 0 atom stereocenters. The number of ether oxygens (including phenoxy) is 1. The van der Waals surface area contributed by atoms with Crippen LogP contribution in [0.5, 0.6) is 0 Å². The van der Waals surface area contributed by atoms with Crippen molar-refractivity contribution in [2.75, 3.05) is 19.9 Å². The molecule has 0 aliphatic carbocycles. The highest BCUT2D eigenvalue weighted by Gasteiger charge is 2.04. The van der Waals surface area contributed by atoms with Crippen LogP contribution in [0.1, 0.15) is 6.42 Å². The highest BCUT2D eigenvalue weighted by Crippen LogP contribution is 1.94. The maximum absolute atomic E-state index is 8.62. The van der Waals surface area contributed by atoms with Crippen LogP contribution in [0.25, 0.3) is 0 Å². The molecule has 0 aromatic rings. The first-order valence-corrected chi connectivity index (χ1v) is 2.41.